The minimum absolute atomic E-state index is 0.0147. The molecule has 5 atom stereocenters. The first-order chi connectivity index (χ1) is 20.9. The Balaban J connectivity index is 1.98. The number of rotatable bonds is 25. The molecular weight excluding hydrogens is 552 g/mol. The lowest BCUT2D eigenvalue weighted by Gasteiger charge is -2.27. The monoisotopic (exact) mass is 608 g/mol. The van der Waals surface area contributed by atoms with Crippen LogP contribution in [0.5, 0.6) is 0 Å². The summed E-state index contributed by atoms with van der Waals surface area (Å²) in [4.78, 5) is 11.8. The van der Waals surface area contributed by atoms with E-state index in [1.165, 1.54) is 5.56 Å². The van der Waals surface area contributed by atoms with Crippen LogP contribution in [0.15, 0.2) is 42.5 Å². The van der Waals surface area contributed by atoms with Crippen molar-refractivity contribution in [1.29, 1.82) is 0 Å². The number of aliphatic hydroxyl groups is 1. The van der Waals surface area contributed by atoms with Gasteiger partial charge in [-0.1, -0.05) is 42.5 Å². The van der Waals surface area contributed by atoms with Crippen LogP contribution in [0.4, 0.5) is 0 Å². The number of methoxy groups -OCH3 is 2. The van der Waals surface area contributed by atoms with Gasteiger partial charge in [0.1, 0.15) is 13.6 Å². The Morgan fingerprint density at radius 1 is 0.953 bits per heavy atom. The molecule has 0 heterocycles. The zero-order valence-electron chi connectivity index (χ0n) is 26.8. The van der Waals surface area contributed by atoms with Crippen LogP contribution >= 0.6 is 0 Å². The predicted molar refractivity (Wildman–Crippen MR) is 166 cm³/mol. The fraction of sp³-hybridized carbons (Fsp3) is 0.735. The van der Waals surface area contributed by atoms with Gasteiger partial charge in [0, 0.05) is 27.1 Å². The summed E-state index contributed by atoms with van der Waals surface area (Å²) in [5, 5.41) is 11.1. The van der Waals surface area contributed by atoms with Crippen molar-refractivity contribution < 1.29 is 43.1 Å². The van der Waals surface area contributed by atoms with E-state index in [0.29, 0.717) is 39.3 Å². The van der Waals surface area contributed by atoms with E-state index in [4.69, 9.17) is 33.2 Å². The van der Waals surface area contributed by atoms with Crippen LogP contribution in [0.3, 0.4) is 0 Å². The number of aliphatic hydroxyl groups excluding tert-OH is 1. The van der Waals surface area contributed by atoms with Gasteiger partial charge in [-0.2, -0.15) is 0 Å². The van der Waals surface area contributed by atoms with Gasteiger partial charge in [0.15, 0.2) is 0 Å². The molecule has 1 aromatic rings. The molecule has 0 aliphatic heterocycles. The largest absolute Gasteiger partial charge is 0.463 e. The third-order valence-corrected chi connectivity index (χ3v) is 7.73. The number of unbranched alkanes of at least 4 members (excludes halogenated alkanes) is 1. The quantitative estimate of drug-likeness (QED) is 0.0670. The summed E-state index contributed by atoms with van der Waals surface area (Å²) in [6, 6.07) is 10.4. The molecule has 9 nitrogen and oxygen atoms in total. The van der Waals surface area contributed by atoms with Crippen molar-refractivity contribution in [2.75, 3.05) is 54.2 Å². The van der Waals surface area contributed by atoms with E-state index >= 15 is 0 Å². The molecule has 1 fully saturated rings. The Morgan fingerprint density at radius 2 is 1.67 bits per heavy atom. The van der Waals surface area contributed by atoms with Gasteiger partial charge in [-0.25, -0.2) is 0 Å². The first-order valence-corrected chi connectivity index (χ1v) is 15.9. The summed E-state index contributed by atoms with van der Waals surface area (Å²) in [6.45, 7) is 6.11. The molecule has 0 amide bonds. The maximum absolute atomic E-state index is 11.8. The summed E-state index contributed by atoms with van der Waals surface area (Å²) in [7, 11) is 3.29. The zero-order valence-corrected chi connectivity index (χ0v) is 26.8. The number of esters is 1. The molecule has 0 bridgehead atoms. The Bertz CT molecular complexity index is 848. The van der Waals surface area contributed by atoms with Crippen LogP contribution in [0.25, 0.3) is 0 Å². The molecule has 0 saturated heterocycles. The second-order valence-corrected chi connectivity index (χ2v) is 11.4. The number of ether oxygens (including phenoxy) is 7. The molecule has 1 N–H and O–H groups in total. The van der Waals surface area contributed by atoms with Gasteiger partial charge in [-0.05, 0) is 76.2 Å². The average Bonchev–Trinajstić information content (AvgIpc) is 3.29. The van der Waals surface area contributed by atoms with E-state index in [1.807, 2.05) is 19.9 Å². The molecule has 0 aromatic heterocycles. The number of carbonyl (C=O) groups excluding carboxylic acids is 1. The van der Waals surface area contributed by atoms with Crippen molar-refractivity contribution in [3.05, 3.63) is 48.0 Å². The van der Waals surface area contributed by atoms with Crippen LogP contribution in [0, 0.1) is 11.8 Å². The lowest BCUT2D eigenvalue weighted by molar-refractivity contribution is -0.147. The number of aryl methyl sites for hydroxylation is 1. The van der Waals surface area contributed by atoms with Crippen LogP contribution in [-0.2, 0) is 44.4 Å². The number of hydrogen-bond acceptors (Lipinski definition) is 9. The third-order valence-electron chi connectivity index (χ3n) is 7.73. The number of hydrogen-bond donors (Lipinski definition) is 1. The molecule has 1 aromatic carbocycles. The number of benzene rings is 1. The van der Waals surface area contributed by atoms with Gasteiger partial charge in [0.2, 0.25) is 0 Å². The predicted octanol–water partition coefficient (Wildman–Crippen LogP) is 5.48. The van der Waals surface area contributed by atoms with E-state index in [-0.39, 0.29) is 49.7 Å². The van der Waals surface area contributed by atoms with E-state index < -0.39 is 6.10 Å². The maximum atomic E-state index is 11.8. The van der Waals surface area contributed by atoms with Gasteiger partial charge < -0.3 is 38.3 Å². The molecule has 1 aliphatic rings. The van der Waals surface area contributed by atoms with Gasteiger partial charge in [-0.15, -0.1) is 0 Å². The van der Waals surface area contributed by atoms with Crippen molar-refractivity contribution in [3.8, 4) is 0 Å². The van der Waals surface area contributed by atoms with Crippen LogP contribution in [0.2, 0.25) is 0 Å². The molecule has 1 saturated carbocycles. The minimum Gasteiger partial charge on any atom is -0.463 e. The Kier molecular flexibility index (Phi) is 20.4. The first-order valence-electron chi connectivity index (χ1n) is 15.9. The highest BCUT2D eigenvalue weighted by molar-refractivity contribution is 5.69. The highest BCUT2D eigenvalue weighted by Gasteiger charge is 2.42. The van der Waals surface area contributed by atoms with Gasteiger partial charge in [-0.3, -0.25) is 4.79 Å². The Hall–Kier alpha value is -1.85. The number of allylic oxidation sites excluding steroid dienone is 2. The van der Waals surface area contributed by atoms with E-state index in [0.717, 1.165) is 44.9 Å². The SMILES string of the molecule is COCCOCO[C@@H](CCc1ccccc1)CC[C@@H]1[C@@H](CC=CCCCC(=O)OC(C)C)[C@@H](O)C[C@H]1OCOCCOC. The Labute approximate surface area is 259 Å². The lowest BCUT2D eigenvalue weighted by atomic mass is 9.85. The fourth-order valence-corrected chi connectivity index (χ4v) is 5.47. The second kappa shape index (κ2) is 23.5. The first kappa shape index (κ1) is 37.3. The summed E-state index contributed by atoms with van der Waals surface area (Å²) < 4.78 is 38.9. The van der Waals surface area contributed by atoms with Gasteiger partial charge in [0.05, 0.1) is 50.8 Å². The van der Waals surface area contributed by atoms with Crippen molar-refractivity contribution in [2.45, 2.75) is 96.1 Å². The molecule has 246 valence electrons. The van der Waals surface area contributed by atoms with E-state index in [1.54, 1.807) is 14.2 Å². The molecule has 0 radical (unpaired) electrons. The third kappa shape index (κ3) is 16.7. The van der Waals surface area contributed by atoms with Crippen LogP contribution < -0.4 is 0 Å². The number of carbonyl (C=O) groups is 1. The topological polar surface area (TPSA) is 102 Å². The lowest BCUT2D eigenvalue weighted by Crippen LogP contribution is -2.27. The van der Waals surface area contributed by atoms with Gasteiger partial charge in [0.25, 0.3) is 0 Å². The van der Waals surface area contributed by atoms with Crippen molar-refractivity contribution in [1.82, 2.24) is 0 Å². The highest BCUT2D eigenvalue weighted by atomic mass is 16.7. The molecule has 2 rings (SSSR count). The normalized spacial score (nSPS) is 21.2. The van der Waals surface area contributed by atoms with Crippen molar-refractivity contribution in [2.24, 2.45) is 11.8 Å². The van der Waals surface area contributed by atoms with E-state index in [2.05, 4.69) is 36.4 Å². The smallest absolute Gasteiger partial charge is 0.306 e. The van der Waals surface area contributed by atoms with Crippen molar-refractivity contribution in [3.63, 3.8) is 0 Å². The summed E-state index contributed by atoms with van der Waals surface area (Å²) in [5.74, 6) is 0.0679. The minimum atomic E-state index is -0.458. The van der Waals surface area contributed by atoms with Crippen LogP contribution in [-0.4, -0.2) is 89.7 Å². The molecule has 0 unspecified atom stereocenters. The Morgan fingerprint density at radius 3 is 2.37 bits per heavy atom. The molecular formula is C34H56O9. The standard InChI is InChI=1S/C34H56O9/c1-27(2)43-34(36)15-11-6-5-10-14-30-31(33(24-32(30)35)42-26-40-23-21-38-4)19-18-29(41-25-39-22-20-37-3)17-16-28-12-8-7-9-13-28/h5,7-10,12-13,27,29-33,35H,6,11,14-26H2,1-4H3/t29-,30+,31+,32-,33+/m0/s1. The highest BCUT2D eigenvalue weighted by Crippen LogP contribution is 2.40. The zero-order chi connectivity index (χ0) is 31.1. The molecule has 43 heavy (non-hydrogen) atoms. The summed E-state index contributed by atoms with van der Waals surface area (Å²) in [5.41, 5.74) is 1.28. The van der Waals surface area contributed by atoms with Crippen LogP contribution in [0.1, 0.15) is 70.8 Å². The maximum Gasteiger partial charge on any atom is 0.306 e. The summed E-state index contributed by atoms with van der Waals surface area (Å²) in [6.07, 6.45) is 10.4. The van der Waals surface area contributed by atoms with E-state index in [9.17, 15) is 9.90 Å². The summed E-state index contributed by atoms with van der Waals surface area (Å²) >= 11 is 0. The van der Waals surface area contributed by atoms with Gasteiger partial charge >= 0.3 is 5.97 Å². The molecule has 1 aliphatic carbocycles. The molecule has 0 spiro atoms. The second-order valence-electron chi connectivity index (χ2n) is 11.4. The molecule has 9 heteroatoms. The fourth-order valence-electron chi connectivity index (χ4n) is 5.47. The van der Waals surface area contributed by atoms with Crippen molar-refractivity contribution >= 4 is 5.97 Å². The average molecular weight is 609 g/mol.